The maximum atomic E-state index is 5.73. The van der Waals surface area contributed by atoms with Crippen molar-refractivity contribution in [2.45, 2.75) is 26.9 Å². The van der Waals surface area contributed by atoms with Gasteiger partial charge in [0, 0.05) is 23.4 Å². The van der Waals surface area contributed by atoms with Crippen LogP contribution >= 0.6 is 15.9 Å². The molecular formula is C17H23BrN2O. The highest BCUT2D eigenvalue weighted by atomic mass is 79.9. The minimum absolute atomic E-state index is 0.676. The topological polar surface area (TPSA) is 26.2 Å². The standard InChI is InChI=1S/C17H23BrN2O/c1-14(2)11-19-12-15-7-8-20(13-15)9-10-21-17-5-3-16(18)4-6-17/h3-8,13-14,19H,9-12H2,1-2H3. The van der Waals surface area contributed by atoms with Gasteiger partial charge in [-0.05, 0) is 48.4 Å². The fraction of sp³-hybridized carbons (Fsp3) is 0.412. The molecule has 0 amide bonds. The van der Waals surface area contributed by atoms with Crippen LogP contribution in [-0.4, -0.2) is 17.7 Å². The van der Waals surface area contributed by atoms with Crippen molar-refractivity contribution in [3.8, 4) is 5.75 Å². The molecule has 4 heteroatoms. The second-order valence-corrected chi connectivity index (χ2v) is 6.50. The fourth-order valence-electron chi connectivity index (χ4n) is 2.04. The van der Waals surface area contributed by atoms with Crippen LogP contribution < -0.4 is 10.1 Å². The number of nitrogens with zero attached hydrogens (tertiary/aromatic N) is 1. The Labute approximate surface area is 135 Å². The Morgan fingerprint density at radius 2 is 1.95 bits per heavy atom. The van der Waals surface area contributed by atoms with E-state index < -0.39 is 0 Å². The molecule has 0 saturated heterocycles. The Balaban J connectivity index is 1.71. The third kappa shape index (κ3) is 5.94. The van der Waals surface area contributed by atoms with E-state index in [4.69, 9.17) is 4.74 Å². The van der Waals surface area contributed by atoms with Crippen LogP contribution in [-0.2, 0) is 13.1 Å². The van der Waals surface area contributed by atoms with E-state index in [1.807, 2.05) is 24.3 Å². The lowest BCUT2D eigenvalue weighted by atomic mass is 10.2. The number of benzene rings is 1. The predicted molar refractivity (Wildman–Crippen MR) is 90.6 cm³/mol. The van der Waals surface area contributed by atoms with Crippen LogP contribution in [0.15, 0.2) is 47.2 Å². The van der Waals surface area contributed by atoms with Crippen LogP contribution in [0.3, 0.4) is 0 Å². The van der Waals surface area contributed by atoms with Crippen molar-refractivity contribution in [2.75, 3.05) is 13.2 Å². The molecule has 1 N–H and O–H groups in total. The Bertz CT molecular complexity index is 534. The van der Waals surface area contributed by atoms with Crippen LogP contribution in [0.4, 0.5) is 0 Å². The number of hydrogen-bond acceptors (Lipinski definition) is 2. The van der Waals surface area contributed by atoms with E-state index in [9.17, 15) is 0 Å². The van der Waals surface area contributed by atoms with E-state index in [-0.39, 0.29) is 0 Å². The molecule has 0 bridgehead atoms. The highest BCUT2D eigenvalue weighted by Gasteiger charge is 1.99. The molecule has 0 atom stereocenters. The van der Waals surface area contributed by atoms with Gasteiger partial charge in [-0.1, -0.05) is 29.8 Å². The summed E-state index contributed by atoms with van der Waals surface area (Å²) in [6.07, 6.45) is 4.29. The smallest absolute Gasteiger partial charge is 0.119 e. The van der Waals surface area contributed by atoms with E-state index in [1.165, 1.54) is 5.56 Å². The van der Waals surface area contributed by atoms with Crippen LogP contribution in [0.2, 0.25) is 0 Å². The van der Waals surface area contributed by atoms with Gasteiger partial charge in [-0.2, -0.15) is 0 Å². The summed E-state index contributed by atoms with van der Waals surface area (Å²) in [5.41, 5.74) is 1.32. The van der Waals surface area contributed by atoms with Crippen LogP contribution in [0.1, 0.15) is 19.4 Å². The molecule has 1 aromatic heterocycles. The number of halogens is 1. The summed E-state index contributed by atoms with van der Waals surface area (Å²) in [6.45, 7) is 7.96. The van der Waals surface area contributed by atoms with Crippen LogP contribution in [0.5, 0.6) is 5.75 Å². The Morgan fingerprint density at radius 3 is 2.67 bits per heavy atom. The predicted octanol–water partition coefficient (Wildman–Crippen LogP) is 4.08. The Hall–Kier alpha value is -1.26. The van der Waals surface area contributed by atoms with Gasteiger partial charge in [0.2, 0.25) is 0 Å². The van der Waals surface area contributed by atoms with Gasteiger partial charge in [0.05, 0.1) is 6.54 Å². The van der Waals surface area contributed by atoms with E-state index in [0.717, 1.165) is 29.9 Å². The molecule has 3 nitrogen and oxygen atoms in total. The van der Waals surface area contributed by atoms with Crippen molar-refractivity contribution in [1.82, 2.24) is 9.88 Å². The van der Waals surface area contributed by atoms with Crippen molar-refractivity contribution in [2.24, 2.45) is 5.92 Å². The number of ether oxygens (including phenoxy) is 1. The molecule has 2 aromatic rings. The minimum Gasteiger partial charge on any atom is -0.492 e. The first-order valence-corrected chi connectivity index (χ1v) is 8.16. The lowest BCUT2D eigenvalue weighted by Crippen LogP contribution is -2.18. The van der Waals surface area contributed by atoms with Crippen LogP contribution in [0, 0.1) is 5.92 Å². The lowest BCUT2D eigenvalue weighted by molar-refractivity contribution is 0.298. The first-order chi connectivity index (χ1) is 10.1. The van der Waals surface area contributed by atoms with E-state index in [1.54, 1.807) is 0 Å². The molecule has 114 valence electrons. The lowest BCUT2D eigenvalue weighted by Gasteiger charge is -2.07. The Morgan fingerprint density at radius 1 is 1.19 bits per heavy atom. The SMILES string of the molecule is CC(C)CNCc1ccn(CCOc2ccc(Br)cc2)c1. The number of rotatable bonds is 8. The molecule has 0 saturated carbocycles. The van der Waals surface area contributed by atoms with Crippen molar-refractivity contribution in [1.29, 1.82) is 0 Å². The Kier molecular flexibility index (Phi) is 6.33. The molecule has 0 fully saturated rings. The van der Waals surface area contributed by atoms with Crippen LogP contribution in [0.25, 0.3) is 0 Å². The third-order valence-electron chi connectivity index (χ3n) is 3.13. The van der Waals surface area contributed by atoms with E-state index in [2.05, 4.69) is 58.1 Å². The summed E-state index contributed by atoms with van der Waals surface area (Å²) in [5, 5.41) is 3.45. The maximum Gasteiger partial charge on any atom is 0.119 e. The second kappa shape index (κ2) is 8.25. The zero-order valence-electron chi connectivity index (χ0n) is 12.7. The monoisotopic (exact) mass is 350 g/mol. The zero-order chi connectivity index (χ0) is 15.1. The zero-order valence-corrected chi connectivity index (χ0v) is 14.3. The highest BCUT2D eigenvalue weighted by Crippen LogP contribution is 2.16. The fourth-order valence-corrected chi connectivity index (χ4v) is 2.30. The summed E-state index contributed by atoms with van der Waals surface area (Å²) < 4.78 is 8.97. The quantitative estimate of drug-likeness (QED) is 0.776. The van der Waals surface area contributed by atoms with Gasteiger partial charge in [0.1, 0.15) is 12.4 Å². The molecule has 0 unspecified atom stereocenters. The molecule has 0 aliphatic rings. The molecule has 2 rings (SSSR count). The van der Waals surface area contributed by atoms with Crippen molar-refractivity contribution in [3.05, 3.63) is 52.8 Å². The highest BCUT2D eigenvalue weighted by molar-refractivity contribution is 9.10. The molecule has 0 radical (unpaired) electrons. The number of aromatic nitrogens is 1. The van der Waals surface area contributed by atoms with Gasteiger partial charge in [-0.3, -0.25) is 0 Å². The summed E-state index contributed by atoms with van der Waals surface area (Å²) in [7, 11) is 0. The molecular weight excluding hydrogens is 328 g/mol. The average Bonchev–Trinajstić information content (AvgIpc) is 2.88. The molecule has 1 heterocycles. The minimum atomic E-state index is 0.676. The molecule has 0 spiro atoms. The van der Waals surface area contributed by atoms with E-state index in [0.29, 0.717) is 12.5 Å². The maximum absolute atomic E-state index is 5.73. The summed E-state index contributed by atoms with van der Waals surface area (Å²) in [4.78, 5) is 0. The molecule has 0 aliphatic heterocycles. The molecule has 0 aliphatic carbocycles. The molecule has 21 heavy (non-hydrogen) atoms. The van der Waals surface area contributed by atoms with Crippen molar-refractivity contribution < 1.29 is 4.74 Å². The van der Waals surface area contributed by atoms with Gasteiger partial charge >= 0.3 is 0 Å². The van der Waals surface area contributed by atoms with Gasteiger partial charge < -0.3 is 14.6 Å². The van der Waals surface area contributed by atoms with Gasteiger partial charge in [0.15, 0.2) is 0 Å². The first kappa shape index (κ1) is 16.1. The van der Waals surface area contributed by atoms with E-state index >= 15 is 0 Å². The van der Waals surface area contributed by atoms with Crippen molar-refractivity contribution in [3.63, 3.8) is 0 Å². The second-order valence-electron chi connectivity index (χ2n) is 5.58. The normalized spacial score (nSPS) is 11.0. The summed E-state index contributed by atoms with van der Waals surface area (Å²) in [5.74, 6) is 1.59. The largest absolute Gasteiger partial charge is 0.492 e. The van der Waals surface area contributed by atoms with Gasteiger partial charge in [-0.15, -0.1) is 0 Å². The van der Waals surface area contributed by atoms with Gasteiger partial charge in [-0.25, -0.2) is 0 Å². The molecule has 1 aromatic carbocycles. The summed E-state index contributed by atoms with van der Waals surface area (Å²) >= 11 is 3.42. The first-order valence-electron chi connectivity index (χ1n) is 7.37. The number of nitrogens with one attached hydrogen (secondary N) is 1. The van der Waals surface area contributed by atoms with Crippen molar-refractivity contribution >= 4 is 15.9 Å². The average molecular weight is 351 g/mol. The third-order valence-corrected chi connectivity index (χ3v) is 3.65. The number of hydrogen-bond donors (Lipinski definition) is 1. The van der Waals surface area contributed by atoms with Gasteiger partial charge in [0.25, 0.3) is 0 Å². The summed E-state index contributed by atoms with van der Waals surface area (Å²) in [6, 6.07) is 10.1.